The number of anilines is 3. The topological polar surface area (TPSA) is 114 Å². The van der Waals surface area contributed by atoms with Gasteiger partial charge in [-0.25, -0.2) is 0 Å². The summed E-state index contributed by atoms with van der Waals surface area (Å²) in [5, 5.41) is 7.33. The van der Waals surface area contributed by atoms with Crippen molar-refractivity contribution in [2.75, 3.05) is 16.4 Å². The summed E-state index contributed by atoms with van der Waals surface area (Å²) in [6, 6.07) is 17.2. The lowest BCUT2D eigenvalue weighted by Crippen LogP contribution is -2.26. The number of carbonyl (C=O) groups excluding carboxylic acids is 3. The Morgan fingerprint density at radius 1 is 1.10 bits per heavy atom. The van der Waals surface area contributed by atoms with Crippen molar-refractivity contribution in [1.29, 1.82) is 0 Å². The number of nitrogens with two attached hydrogens (primary N) is 1. The Balaban J connectivity index is 1.39. The molecule has 6 rings (SSSR count). The Morgan fingerprint density at radius 3 is 2.64 bits per heavy atom. The second-order valence-corrected chi connectivity index (χ2v) is 11.1. The standard InChI is InChI=1S/C30H24ClN3O4S/c1-15-10-13-22(38-15)24-23-20(8-5-9-21(23)35)34-30-25(24)26(32)28(39-30)29(37)33-19-12-11-17(31)14-18(19)27(36)16-6-3-2-4-7-16/h2-4,6-7,10-14,24,34H,5,8-9,32H2,1H3,(H,33,37). The lowest BCUT2D eigenvalue weighted by atomic mass is 9.78. The van der Waals surface area contributed by atoms with Gasteiger partial charge in [0.2, 0.25) is 0 Å². The first-order valence-corrected chi connectivity index (χ1v) is 13.7. The van der Waals surface area contributed by atoms with Crippen LogP contribution in [0.3, 0.4) is 0 Å². The Kier molecular flexibility index (Phi) is 6.37. The average molecular weight is 558 g/mol. The number of fused-ring (bicyclic) bond motifs is 1. The second-order valence-electron chi connectivity index (χ2n) is 9.60. The molecule has 39 heavy (non-hydrogen) atoms. The first kappa shape index (κ1) is 25.2. The highest BCUT2D eigenvalue weighted by Gasteiger charge is 2.40. The van der Waals surface area contributed by atoms with Crippen LogP contribution < -0.4 is 16.4 Å². The summed E-state index contributed by atoms with van der Waals surface area (Å²) in [6.45, 7) is 1.85. The predicted octanol–water partition coefficient (Wildman–Crippen LogP) is 6.93. The molecule has 7 nitrogen and oxygen atoms in total. The van der Waals surface area contributed by atoms with E-state index in [2.05, 4.69) is 10.6 Å². The lowest BCUT2D eigenvalue weighted by Gasteiger charge is -2.31. The van der Waals surface area contributed by atoms with Gasteiger partial charge in [0.1, 0.15) is 16.4 Å². The summed E-state index contributed by atoms with van der Waals surface area (Å²) in [6.07, 6.45) is 1.94. The van der Waals surface area contributed by atoms with Gasteiger partial charge in [0.15, 0.2) is 11.6 Å². The van der Waals surface area contributed by atoms with Crippen molar-refractivity contribution < 1.29 is 18.8 Å². The van der Waals surface area contributed by atoms with E-state index in [0.717, 1.165) is 24.3 Å². The fourth-order valence-corrected chi connectivity index (χ4v) is 6.50. The molecule has 1 aliphatic heterocycles. The highest BCUT2D eigenvalue weighted by molar-refractivity contribution is 7.19. The SMILES string of the molecule is Cc1ccc(C2C3=C(CCCC3=O)Nc3sc(C(=O)Nc4ccc(Cl)cc4C(=O)c4ccccc4)c(N)c32)o1. The molecule has 1 amide bonds. The summed E-state index contributed by atoms with van der Waals surface area (Å²) in [5.74, 6) is 0.161. The second kappa shape index (κ2) is 9.87. The molecule has 0 radical (unpaired) electrons. The summed E-state index contributed by atoms with van der Waals surface area (Å²) >= 11 is 7.43. The van der Waals surface area contributed by atoms with Gasteiger partial charge in [0, 0.05) is 39.4 Å². The first-order chi connectivity index (χ1) is 18.8. The molecular formula is C30H24ClN3O4S. The van der Waals surface area contributed by atoms with E-state index in [4.69, 9.17) is 21.8 Å². The summed E-state index contributed by atoms with van der Waals surface area (Å²) in [5.41, 5.74) is 10.1. The number of halogens is 1. The normalized spacial score (nSPS) is 16.4. The minimum Gasteiger partial charge on any atom is -0.465 e. The van der Waals surface area contributed by atoms with E-state index in [1.54, 1.807) is 36.4 Å². The number of ketones is 2. The molecule has 4 N–H and O–H groups in total. The largest absolute Gasteiger partial charge is 0.465 e. The van der Waals surface area contributed by atoms with Gasteiger partial charge < -0.3 is 20.8 Å². The van der Waals surface area contributed by atoms with Crippen molar-refractivity contribution in [3.8, 4) is 0 Å². The van der Waals surface area contributed by atoms with Gasteiger partial charge in [0.25, 0.3) is 5.91 Å². The van der Waals surface area contributed by atoms with Crippen LogP contribution in [0.4, 0.5) is 16.4 Å². The molecular weight excluding hydrogens is 534 g/mol. The zero-order chi connectivity index (χ0) is 27.3. The van der Waals surface area contributed by atoms with Crippen molar-refractivity contribution in [3.63, 3.8) is 0 Å². The highest BCUT2D eigenvalue weighted by Crippen LogP contribution is 2.52. The van der Waals surface area contributed by atoms with Crippen LogP contribution in [-0.4, -0.2) is 17.5 Å². The van der Waals surface area contributed by atoms with Gasteiger partial charge >= 0.3 is 0 Å². The summed E-state index contributed by atoms with van der Waals surface area (Å²) < 4.78 is 5.98. The average Bonchev–Trinajstić information content (AvgIpc) is 3.51. The monoisotopic (exact) mass is 557 g/mol. The van der Waals surface area contributed by atoms with Gasteiger partial charge in [-0.15, -0.1) is 11.3 Å². The number of furan rings is 1. The molecule has 2 aromatic heterocycles. The molecule has 3 heterocycles. The van der Waals surface area contributed by atoms with E-state index >= 15 is 0 Å². The van der Waals surface area contributed by atoms with Crippen LogP contribution in [0.2, 0.25) is 5.02 Å². The van der Waals surface area contributed by atoms with Crippen molar-refractivity contribution in [2.24, 2.45) is 0 Å². The minimum atomic E-state index is -0.499. The molecule has 0 bridgehead atoms. The number of aryl methyl sites for hydroxylation is 1. The minimum absolute atomic E-state index is 0.0512. The maximum atomic E-state index is 13.6. The van der Waals surface area contributed by atoms with Crippen LogP contribution in [-0.2, 0) is 4.79 Å². The third-order valence-electron chi connectivity index (χ3n) is 7.04. The maximum absolute atomic E-state index is 13.6. The van der Waals surface area contributed by atoms with Crippen LogP contribution >= 0.6 is 22.9 Å². The molecule has 0 saturated heterocycles. The molecule has 2 aromatic carbocycles. The molecule has 0 spiro atoms. The smallest absolute Gasteiger partial charge is 0.267 e. The molecule has 2 aliphatic rings. The van der Waals surface area contributed by atoms with E-state index in [0.29, 0.717) is 44.6 Å². The van der Waals surface area contributed by atoms with Crippen LogP contribution in [0.15, 0.2) is 76.4 Å². The number of amides is 1. The van der Waals surface area contributed by atoms with Crippen LogP contribution in [0.5, 0.6) is 0 Å². The zero-order valence-corrected chi connectivity index (χ0v) is 22.5. The molecule has 1 unspecified atom stereocenters. The van der Waals surface area contributed by atoms with Crippen molar-refractivity contribution in [2.45, 2.75) is 32.1 Å². The summed E-state index contributed by atoms with van der Waals surface area (Å²) in [7, 11) is 0. The number of hydrogen-bond donors (Lipinski definition) is 3. The highest BCUT2D eigenvalue weighted by atomic mass is 35.5. The Hall–Kier alpha value is -4.14. The third-order valence-corrected chi connectivity index (χ3v) is 8.41. The predicted molar refractivity (Wildman–Crippen MR) is 153 cm³/mol. The number of nitrogen functional groups attached to an aromatic ring is 1. The number of hydrogen-bond acceptors (Lipinski definition) is 7. The number of rotatable bonds is 5. The molecule has 1 atom stereocenters. The van der Waals surface area contributed by atoms with E-state index in [9.17, 15) is 14.4 Å². The molecule has 196 valence electrons. The number of Topliss-reactive ketones (excluding diaryl/α,β-unsaturated/α-hetero) is 1. The van der Waals surface area contributed by atoms with Crippen molar-refractivity contribution >= 4 is 56.8 Å². The van der Waals surface area contributed by atoms with E-state index in [1.165, 1.54) is 17.4 Å². The molecule has 0 saturated carbocycles. The van der Waals surface area contributed by atoms with Crippen molar-refractivity contribution in [1.82, 2.24) is 0 Å². The van der Waals surface area contributed by atoms with Gasteiger partial charge in [-0.3, -0.25) is 14.4 Å². The van der Waals surface area contributed by atoms with Crippen molar-refractivity contribution in [3.05, 3.63) is 110 Å². The van der Waals surface area contributed by atoms with Gasteiger partial charge in [-0.05, 0) is 50.1 Å². The zero-order valence-electron chi connectivity index (χ0n) is 21.0. The number of nitrogens with one attached hydrogen (secondary N) is 2. The molecule has 4 aromatic rings. The Labute approximate surface area is 233 Å². The van der Waals surface area contributed by atoms with E-state index < -0.39 is 11.8 Å². The fraction of sp³-hybridized carbons (Fsp3) is 0.167. The number of benzene rings is 2. The molecule has 1 aliphatic carbocycles. The third kappa shape index (κ3) is 4.45. The maximum Gasteiger partial charge on any atom is 0.267 e. The number of allylic oxidation sites excluding steroid dienone is 2. The van der Waals surface area contributed by atoms with Crippen LogP contribution in [0, 0.1) is 6.92 Å². The molecule has 9 heteroatoms. The number of carbonyl (C=O) groups is 3. The molecule has 0 fully saturated rings. The van der Waals surface area contributed by atoms with Gasteiger partial charge in [-0.2, -0.15) is 0 Å². The van der Waals surface area contributed by atoms with Crippen LogP contribution in [0.1, 0.15) is 67.9 Å². The van der Waals surface area contributed by atoms with Gasteiger partial charge in [0.05, 0.1) is 22.3 Å². The Morgan fingerprint density at radius 2 is 1.90 bits per heavy atom. The lowest BCUT2D eigenvalue weighted by molar-refractivity contribution is -0.116. The summed E-state index contributed by atoms with van der Waals surface area (Å²) in [4.78, 5) is 40.2. The quantitative estimate of drug-likeness (QED) is 0.229. The Bertz CT molecular complexity index is 1690. The van der Waals surface area contributed by atoms with Crippen LogP contribution in [0.25, 0.3) is 0 Å². The van der Waals surface area contributed by atoms with Gasteiger partial charge in [-0.1, -0.05) is 41.9 Å². The first-order valence-electron chi connectivity index (χ1n) is 12.5. The van der Waals surface area contributed by atoms with E-state index in [-0.39, 0.29) is 27.7 Å². The van der Waals surface area contributed by atoms with E-state index in [1.807, 2.05) is 25.1 Å². The number of thiophene rings is 1. The fourth-order valence-electron chi connectivity index (χ4n) is 5.25.